The minimum Gasteiger partial charge on any atom is -0.282 e. The normalized spacial score (nSPS) is 10.6. The lowest BCUT2D eigenvalue weighted by molar-refractivity contribution is 0.0948. The summed E-state index contributed by atoms with van der Waals surface area (Å²) in [6, 6.07) is 25.5. The van der Waals surface area contributed by atoms with Gasteiger partial charge in [-0.2, -0.15) is 0 Å². The Bertz CT molecular complexity index is 972. The lowest BCUT2D eigenvalue weighted by atomic mass is 10.2. The third kappa shape index (κ3) is 2.78. The second-order valence-electron chi connectivity index (χ2n) is 5.87. The molecule has 0 saturated carbocycles. The summed E-state index contributed by atoms with van der Waals surface area (Å²) in [7, 11) is 0. The van der Waals surface area contributed by atoms with E-state index >= 15 is 0 Å². The van der Waals surface area contributed by atoms with Gasteiger partial charge in [0.2, 0.25) is 0 Å². The predicted octanol–water partition coefficient (Wildman–Crippen LogP) is 4.33. The van der Waals surface area contributed by atoms with Crippen molar-refractivity contribution in [2.24, 2.45) is 0 Å². The van der Waals surface area contributed by atoms with E-state index in [-0.39, 0.29) is 11.8 Å². The number of nitrogens with zero attached hydrogens (tertiary/aromatic N) is 2. The van der Waals surface area contributed by atoms with E-state index in [0.29, 0.717) is 22.5 Å². The molecule has 0 aliphatic rings. The molecule has 0 aliphatic carbocycles. The number of hydrogen-bond acceptors (Lipinski definition) is 2. The molecule has 4 rings (SSSR count). The number of hydrogen-bond donors (Lipinski definition) is 0. The first-order valence-corrected chi connectivity index (χ1v) is 8.30. The Morgan fingerprint density at radius 3 is 1.27 bits per heavy atom. The Kier molecular flexibility index (Phi) is 4.07. The number of rotatable bonds is 3. The molecule has 4 aromatic rings. The summed E-state index contributed by atoms with van der Waals surface area (Å²) in [6.45, 7) is 0. The van der Waals surface area contributed by atoms with Crippen LogP contribution in [0.1, 0.15) is 20.7 Å². The second-order valence-corrected chi connectivity index (χ2v) is 5.87. The highest BCUT2D eigenvalue weighted by atomic mass is 16.2. The molecule has 0 amide bonds. The fraction of sp³-hybridized carbons (Fsp3) is 0. The molecular weight excluding hydrogens is 324 g/mol. The number of carbonyl (C=O) groups is 2. The van der Waals surface area contributed by atoms with Gasteiger partial charge in [0.25, 0.3) is 11.8 Å². The van der Waals surface area contributed by atoms with E-state index in [9.17, 15) is 9.59 Å². The van der Waals surface area contributed by atoms with Crippen molar-refractivity contribution in [1.29, 1.82) is 0 Å². The van der Waals surface area contributed by atoms with Crippen molar-refractivity contribution >= 4 is 11.8 Å². The van der Waals surface area contributed by atoms with Crippen LogP contribution in [0.15, 0.2) is 97.3 Å². The smallest absolute Gasteiger partial charge is 0.262 e. The van der Waals surface area contributed by atoms with Crippen molar-refractivity contribution in [3.8, 4) is 11.4 Å². The summed E-state index contributed by atoms with van der Waals surface area (Å²) in [5, 5.41) is 0. The van der Waals surface area contributed by atoms with Crippen LogP contribution in [0.4, 0.5) is 0 Å². The number of benzene rings is 2. The van der Waals surface area contributed by atoms with Crippen LogP contribution in [-0.4, -0.2) is 20.9 Å². The number of carbonyl (C=O) groups excluding carboxylic acids is 2. The maximum atomic E-state index is 12.8. The minimum atomic E-state index is -0.134. The molecule has 4 heteroatoms. The van der Waals surface area contributed by atoms with Crippen molar-refractivity contribution in [2.75, 3.05) is 0 Å². The molecule has 0 saturated heterocycles. The zero-order chi connectivity index (χ0) is 17.9. The monoisotopic (exact) mass is 340 g/mol. The van der Waals surface area contributed by atoms with Gasteiger partial charge >= 0.3 is 0 Å². The van der Waals surface area contributed by atoms with E-state index in [0.717, 1.165) is 0 Å². The Hall–Kier alpha value is -3.66. The SMILES string of the molecule is O=C(c1ccccc1)n1cccc1-c1cccn1C(=O)c1ccccc1. The molecular formula is C22H16N2O2. The van der Waals surface area contributed by atoms with Gasteiger partial charge in [-0.3, -0.25) is 18.7 Å². The van der Waals surface area contributed by atoms with Crippen LogP contribution in [0.3, 0.4) is 0 Å². The van der Waals surface area contributed by atoms with Crippen molar-refractivity contribution < 1.29 is 9.59 Å². The molecule has 0 atom stereocenters. The lowest BCUT2D eigenvalue weighted by Crippen LogP contribution is -2.16. The maximum Gasteiger partial charge on any atom is 0.262 e. The van der Waals surface area contributed by atoms with Gasteiger partial charge in [0.05, 0.1) is 11.4 Å². The molecule has 26 heavy (non-hydrogen) atoms. The molecule has 0 fully saturated rings. The van der Waals surface area contributed by atoms with Crippen LogP contribution >= 0.6 is 0 Å². The van der Waals surface area contributed by atoms with Crippen LogP contribution in [0.5, 0.6) is 0 Å². The average Bonchev–Trinajstić information content (AvgIpc) is 3.37. The fourth-order valence-electron chi connectivity index (χ4n) is 2.97. The second kappa shape index (κ2) is 6.69. The summed E-state index contributed by atoms with van der Waals surface area (Å²) in [6.07, 6.45) is 3.43. The Morgan fingerprint density at radius 2 is 0.885 bits per heavy atom. The topological polar surface area (TPSA) is 44.0 Å². The highest BCUT2D eigenvalue weighted by Gasteiger charge is 2.18. The molecule has 0 N–H and O–H groups in total. The molecule has 0 bridgehead atoms. The van der Waals surface area contributed by atoms with Gasteiger partial charge in [-0.1, -0.05) is 36.4 Å². The standard InChI is InChI=1S/C22H16N2O2/c25-21(17-9-3-1-4-10-17)23-15-7-13-19(23)20-14-8-16-24(20)22(26)18-11-5-2-6-12-18/h1-16H. The summed E-state index contributed by atoms with van der Waals surface area (Å²) in [5.41, 5.74) is 2.54. The summed E-state index contributed by atoms with van der Waals surface area (Å²) in [5.74, 6) is -0.268. The van der Waals surface area contributed by atoms with E-state index in [1.54, 1.807) is 57.9 Å². The van der Waals surface area contributed by atoms with Gasteiger partial charge in [0.15, 0.2) is 0 Å². The van der Waals surface area contributed by atoms with Crippen molar-refractivity contribution in [3.63, 3.8) is 0 Å². The van der Waals surface area contributed by atoms with E-state index < -0.39 is 0 Å². The van der Waals surface area contributed by atoms with E-state index in [1.807, 2.05) is 48.5 Å². The first kappa shape index (κ1) is 15.8. The average molecular weight is 340 g/mol. The molecule has 0 aliphatic heterocycles. The fourth-order valence-corrected chi connectivity index (χ4v) is 2.97. The highest BCUT2D eigenvalue weighted by Crippen LogP contribution is 2.23. The Labute approximate surface area is 150 Å². The maximum absolute atomic E-state index is 12.8. The van der Waals surface area contributed by atoms with Gasteiger partial charge in [-0.05, 0) is 48.5 Å². The molecule has 0 unspecified atom stereocenters. The van der Waals surface area contributed by atoms with Crippen molar-refractivity contribution in [1.82, 2.24) is 9.13 Å². The van der Waals surface area contributed by atoms with Crippen molar-refractivity contribution in [2.45, 2.75) is 0 Å². The Morgan fingerprint density at radius 1 is 0.500 bits per heavy atom. The summed E-state index contributed by atoms with van der Waals surface area (Å²) < 4.78 is 3.14. The van der Waals surface area contributed by atoms with Crippen LogP contribution in [0, 0.1) is 0 Å². The molecule has 2 heterocycles. The molecule has 0 radical (unpaired) electrons. The van der Waals surface area contributed by atoms with Crippen LogP contribution in [0.2, 0.25) is 0 Å². The lowest BCUT2D eigenvalue weighted by Gasteiger charge is -2.11. The van der Waals surface area contributed by atoms with Gasteiger partial charge in [0, 0.05) is 23.5 Å². The van der Waals surface area contributed by atoms with Crippen LogP contribution < -0.4 is 0 Å². The van der Waals surface area contributed by atoms with E-state index in [2.05, 4.69) is 0 Å². The predicted molar refractivity (Wildman–Crippen MR) is 100 cm³/mol. The van der Waals surface area contributed by atoms with Crippen LogP contribution in [0.25, 0.3) is 11.4 Å². The third-order valence-electron chi connectivity index (χ3n) is 4.24. The Balaban J connectivity index is 1.76. The third-order valence-corrected chi connectivity index (χ3v) is 4.24. The molecule has 0 spiro atoms. The summed E-state index contributed by atoms with van der Waals surface area (Å²) in [4.78, 5) is 25.7. The van der Waals surface area contributed by atoms with Gasteiger partial charge in [-0.15, -0.1) is 0 Å². The number of aromatic nitrogens is 2. The molecule has 2 aromatic heterocycles. The zero-order valence-electron chi connectivity index (χ0n) is 13.9. The minimum absolute atomic E-state index is 0.134. The summed E-state index contributed by atoms with van der Waals surface area (Å²) >= 11 is 0. The van der Waals surface area contributed by atoms with E-state index in [1.165, 1.54) is 0 Å². The molecule has 2 aromatic carbocycles. The molecule has 4 nitrogen and oxygen atoms in total. The van der Waals surface area contributed by atoms with Crippen molar-refractivity contribution in [3.05, 3.63) is 108 Å². The van der Waals surface area contributed by atoms with Gasteiger partial charge < -0.3 is 0 Å². The van der Waals surface area contributed by atoms with Crippen LogP contribution in [-0.2, 0) is 0 Å². The first-order chi connectivity index (χ1) is 12.8. The largest absolute Gasteiger partial charge is 0.282 e. The zero-order valence-corrected chi connectivity index (χ0v) is 13.9. The molecule has 126 valence electrons. The van der Waals surface area contributed by atoms with Gasteiger partial charge in [-0.25, -0.2) is 0 Å². The van der Waals surface area contributed by atoms with E-state index in [4.69, 9.17) is 0 Å². The quantitative estimate of drug-likeness (QED) is 0.557. The first-order valence-electron chi connectivity index (χ1n) is 8.30. The van der Waals surface area contributed by atoms with Gasteiger partial charge in [0.1, 0.15) is 0 Å². The highest BCUT2D eigenvalue weighted by molar-refractivity contribution is 6.01.